The van der Waals surface area contributed by atoms with Gasteiger partial charge in [0.25, 0.3) is 5.91 Å². The fraction of sp³-hybridized carbons (Fsp3) is 0.381. The molecule has 144 valence electrons. The Labute approximate surface area is 162 Å². The number of anilines is 1. The van der Waals surface area contributed by atoms with Gasteiger partial charge in [-0.05, 0) is 37.8 Å². The number of nitrogens with zero attached hydrogens (tertiary/aromatic N) is 3. The van der Waals surface area contributed by atoms with Crippen LogP contribution in [0.2, 0.25) is 0 Å². The first-order valence-corrected chi connectivity index (χ1v) is 9.62. The van der Waals surface area contributed by atoms with Gasteiger partial charge in [0.15, 0.2) is 11.4 Å². The van der Waals surface area contributed by atoms with Gasteiger partial charge in [-0.1, -0.05) is 6.07 Å². The zero-order valence-electron chi connectivity index (χ0n) is 15.9. The van der Waals surface area contributed by atoms with Crippen LogP contribution in [0.4, 0.5) is 5.69 Å². The van der Waals surface area contributed by atoms with Gasteiger partial charge in [-0.25, -0.2) is 9.97 Å². The van der Waals surface area contributed by atoms with E-state index in [1.165, 1.54) is 0 Å². The van der Waals surface area contributed by atoms with E-state index >= 15 is 0 Å². The topological polar surface area (TPSA) is 77.8 Å². The van der Waals surface area contributed by atoms with E-state index < -0.39 is 0 Å². The van der Waals surface area contributed by atoms with Gasteiger partial charge < -0.3 is 19.2 Å². The molecule has 3 aromatic heterocycles. The van der Waals surface area contributed by atoms with Crippen LogP contribution in [0.15, 0.2) is 36.7 Å². The summed E-state index contributed by atoms with van der Waals surface area (Å²) in [6, 6.07) is 7.21. The lowest BCUT2D eigenvalue weighted by Crippen LogP contribution is -2.14. The summed E-state index contributed by atoms with van der Waals surface area (Å²) in [5.41, 5.74) is 3.68. The van der Waals surface area contributed by atoms with Crippen LogP contribution >= 0.6 is 0 Å². The van der Waals surface area contributed by atoms with Gasteiger partial charge in [0, 0.05) is 30.1 Å². The molecular weight excluding hydrogens is 356 g/mol. The highest BCUT2D eigenvalue weighted by molar-refractivity contribution is 6.03. The summed E-state index contributed by atoms with van der Waals surface area (Å²) < 4.78 is 13.2. The SMILES string of the molecule is CCOc1cc(NC(=O)c2cccc(C)n2)cn2cc(C3[C@H]4COC[C@@H]34)nc12. The fourth-order valence-electron chi connectivity index (χ4n) is 4.12. The van der Waals surface area contributed by atoms with E-state index in [0.29, 0.717) is 41.5 Å². The Balaban J connectivity index is 1.46. The highest BCUT2D eigenvalue weighted by atomic mass is 16.5. The monoisotopic (exact) mass is 378 g/mol. The van der Waals surface area contributed by atoms with Gasteiger partial charge >= 0.3 is 0 Å². The molecule has 0 bridgehead atoms. The molecule has 1 aliphatic carbocycles. The van der Waals surface area contributed by atoms with Crippen molar-refractivity contribution >= 4 is 17.2 Å². The number of fused-ring (bicyclic) bond motifs is 2. The maximum absolute atomic E-state index is 12.6. The molecule has 4 heterocycles. The summed E-state index contributed by atoms with van der Waals surface area (Å²) in [6.45, 7) is 5.97. The molecule has 1 amide bonds. The van der Waals surface area contributed by atoms with E-state index in [1.54, 1.807) is 6.07 Å². The summed E-state index contributed by atoms with van der Waals surface area (Å²) >= 11 is 0. The molecule has 7 heteroatoms. The van der Waals surface area contributed by atoms with E-state index in [4.69, 9.17) is 14.5 Å². The van der Waals surface area contributed by atoms with Gasteiger partial charge in [-0.2, -0.15) is 0 Å². The Morgan fingerprint density at radius 2 is 2.11 bits per heavy atom. The maximum atomic E-state index is 12.6. The number of carbonyl (C=O) groups excluding carboxylic acids is 1. The summed E-state index contributed by atoms with van der Waals surface area (Å²) in [5.74, 6) is 2.06. The van der Waals surface area contributed by atoms with Crippen molar-refractivity contribution in [2.75, 3.05) is 25.1 Å². The van der Waals surface area contributed by atoms with Crippen molar-refractivity contribution in [2.24, 2.45) is 11.8 Å². The molecule has 0 radical (unpaired) electrons. The number of hydrogen-bond acceptors (Lipinski definition) is 5. The molecule has 1 saturated carbocycles. The van der Waals surface area contributed by atoms with E-state index in [-0.39, 0.29) is 5.91 Å². The second-order valence-electron chi connectivity index (χ2n) is 7.43. The van der Waals surface area contributed by atoms with Gasteiger partial charge in [-0.3, -0.25) is 4.79 Å². The second-order valence-corrected chi connectivity index (χ2v) is 7.43. The molecule has 1 N–H and O–H groups in total. The number of hydrogen-bond donors (Lipinski definition) is 1. The average Bonchev–Trinajstić information content (AvgIpc) is 3.02. The smallest absolute Gasteiger partial charge is 0.274 e. The van der Waals surface area contributed by atoms with Crippen LogP contribution in [0.3, 0.4) is 0 Å². The first-order chi connectivity index (χ1) is 13.6. The Hall–Kier alpha value is -2.93. The van der Waals surface area contributed by atoms with Crippen LogP contribution < -0.4 is 10.1 Å². The predicted octanol–water partition coefficient (Wildman–Crippen LogP) is 3.05. The average molecular weight is 378 g/mol. The molecule has 1 aliphatic heterocycles. The number of aryl methyl sites for hydroxylation is 1. The molecule has 2 aliphatic rings. The van der Waals surface area contributed by atoms with Crippen molar-refractivity contribution in [1.82, 2.24) is 14.4 Å². The van der Waals surface area contributed by atoms with E-state index in [9.17, 15) is 4.79 Å². The third kappa shape index (κ3) is 2.92. The summed E-state index contributed by atoms with van der Waals surface area (Å²) in [6.07, 6.45) is 3.91. The van der Waals surface area contributed by atoms with Gasteiger partial charge in [-0.15, -0.1) is 0 Å². The minimum absolute atomic E-state index is 0.250. The Morgan fingerprint density at radius 1 is 1.29 bits per heavy atom. The zero-order valence-corrected chi connectivity index (χ0v) is 15.9. The Bertz CT molecular complexity index is 1050. The molecular formula is C21H22N4O3. The third-order valence-electron chi connectivity index (χ3n) is 5.51. The van der Waals surface area contributed by atoms with E-state index in [1.807, 2.05) is 48.8 Å². The van der Waals surface area contributed by atoms with Gasteiger partial charge in [0.2, 0.25) is 0 Å². The fourth-order valence-corrected chi connectivity index (χ4v) is 4.12. The van der Waals surface area contributed by atoms with Crippen LogP contribution in [0, 0.1) is 18.8 Å². The standard InChI is InChI=1S/C21H22N4O3/c1-3-28-18-7-13(23-21(26)16-6-4-5-12(2)22-16)8-25-9-17(24-20(18)25)19-14-10-27-11-15(14)19/h4-9,14-15,19H,3,10-11H2,1-2H3,(H,23,26)/t14-,15+,19?. The molecule has 1 saturated heterocycles. The predicted molar refractivity (Wildman–Crippen MR) is 104 cm³/mol. The van der Waals surface area contributed by atoms with Crippen molar-refractivity contribution in [1.29, 1.82) is 0 Å². The number of pyridine rings is 2. The lowest BCUT2D eigenvalue weighted by atomic mass is 10.2. The van der Waals surface area contributed by atoms with E-state index in [0.717, 1.165) is 30.2 Å². The Morgan fingerprint density at radius 3 is 2.86 bits per heavy atom. The highest BCUT2D eigenvalue weighted by Gasteiger charge is 2.55. The molecule has 0 spiro atoms. The normalized spacial score (nSPS) is 22.9. The molecule has 2 fully saturated rings. The second kappa shape index (κ2) is 6.60. The van der Waals surface area contributed by atoms with Crippen LogP contribution in [0.25, 0.3) is 5.65 Å². The number of nitrogens with one attached hydrogen (secondary N) is 1. The quantitative estimate of drug-likeness (QED) is 0.738. The van der Waals surface area contributed by atoms with Crippen LogP contribution in [-0.4, -0.2) is 40.1 Å². The molecule has 5 rings (SSSR count). The van der Waals surface area contributed by atoms with Crippen molar-refractivity contribution in [2.45, 2.75) is 19.8 Å². The molecule has 3 atom stereocenters. The van der Waals surface area contributed by atoms with Crippen molar-refractivity contribution < 1.29 is 14.3 Å². The first-order valence-electron chi connectivity index (χ1n) is 9.62. The van der Waals surface area contributed by atoms with Gasteiger partial charge in [0.05, 0.1) is 31.2 Å². The van der Waals surface area contributed by atoms with Crippen LogP contribution in [0.5, 0.6) is 5.75 Å². The molecule has 7 nitrogen and oxygen atoms in total. The van der Waals surface area contributed by atoms with Crippen molar-refractivity contribution in [3.05, 3.63) is 53.7 Å². The lowest BCUT2D eigenvalue weighted by Gasteiger charge is -2.10. The molecule has 0 aromatic carbocycles. The summed E-state index contributed by atoms with van der Waals surface area (Å²) in [5, 5.41) is 2.92. The summed E-state index contributed by atoms with van der Waals surface area (Å²) in [4.78, 5) is 21.7. The number of rotatable bonds is 5. The van der Waals surface area contributed by atoms with Crippen LogP contribution in [0.1, 0.15) is 34.7 Å². The summed E-state index contributed by atoms with van der Waals surface area (Å²) in [7, 11) is 0. The molecule has 1 unspecified atom stereocenters. The molecule has 28 heavy (non-hydrogen) atoms. The third-order valence-corrected chi connectivity index (χ3v) is 5.51. The van der Waals surface area contributed by atoms with Crippen molar-refractivity contribution in [3.8, 4) is 5.75 Å². The van der Waals surface area contributed by atoms with Crippen molar-refractivity contribution in [3.63, 3.8) is 0 Å². The number of amides is 1. The number of imidazole rings is 1. The van der Waals surface area contributed by atoms with Gasteiger partial charge in [0.1, 0.15) is 5.69 Å². The zero-order chi connectivity index (χ0) is 19.3. The Kier molecular flexibility index (Phi) is 4.05. The maximum Gasteiger partial charge on any atom is 0.274 e. The number of aromatic nitrogens is 3. The molecule has 3 aromatic rings. The number of carbonyl (C=O) groups is 1. The number of ether oxygens (including phenoxy) is 2. The minimum atomic E-state index is -0.250. The largest absolute Gasteiger partial charge is 0.490 e. The van der Waals surface area contributed by atoms with E-state index in [2.05, 4.69) is 10.3 Å². The first kappa shape index (κ1) is 17.2. The minimum Gasteiger partial charge on any atom is -0.490 e. The highest BCUT2D eigenvalue weighted by Crippen LogP contribution is 2.57. The van der Waals surface area contributed by atoms with Crippen LogP contribution in [-0.2, 0) is 4.74 Å². The lowest BCUT2D eigenvalue weighted by molar-refractivity contribution is 0.102.